The molecule has 0 spiro atoms. The Hall–Kier alpha value is -1.40. The van der Waals surface area contributed by atoms with Gasteiger partial charge in [-0.15, -0.1) is 0 Å². The lowest BCUT2D eigenvalue weighted by Gasteiger charge is -2.13. The molecule has 0 saturated heterocycles. The molecule has 0 amide bonds. The molecular formula is C19H23ClN2O2S. The second-order valence-corrected chi connectivity index (χ2v) is 9.14. The van der Waals surface area contributed by atoms with Gasteiger partial charge < -0.3 is 11.5 Å². The fraction of sp³-hybridized carbons (Fsp3) is 0.368. The third-order valence-electron chi connectivity index (χ3n) is 5.36. The SMILES string of the molecule is CCc1ccc([C@@H]2[C@H](S(=O)(=O)c3ccc(Cl)cc3)C2(CN)CN)cc1. The number of benzene rings is 2. The van der Waals surface area contributed by atoms with Gasteiger partial charge in [0.05, 0.1) is 10.1 Å². The number of rotatable bonds is 6. The predicted octanol–water partition coefficient (Wildman–Crippen LogP) is 2.75. The largest absolute Gasteiger partial charge is 0.330 e. The van der Waals surface area contributed by atoms with E-state index in [1.165, 1.54) is 5.56 Å². The molecule has 0 heterocycles. The van der Waals surface area contributed by atoms with Crippen LogP contribution in [0.3, 0.4) is 0 Å². The van der Waals surface area contributed by atoms with E-state index in [2.05, 4.69) is 6.92 Å². The van der Waals surface area contributed by atoms with Crippen LogP contribution in [0.2, 0.25) is 5.02 Å². The lowest BCUT2D eigenvalue weighted by atomic mass is 9.98. The second-order valence-electron chi connectivity index (χ2n) is 6.63. The number of sulfone groups is 1. The molecule has 2 aromatic carbocycles. The minimum Gasteiger partial charge on any atom is -0.330 e. The monoisotopic (exact) mass is 378 g/mol. The summed E-state index contributed by atoms with van der Waals surface area (Å²) in [5.74, 6) is -0.186. The Morgan fingerprint density at radius 1 is 1.00 bits per heavy atom. The number of aryl methyl sites for hydroxylation is 1. The number of hydrogen-bond acceptors (Lipinski definition) is 4. The van der Waals surface area contributed by atoms with E-state index in [4.69, 9.17) is 23.1 Å². The summed E-state index contributed by atoms with van der Waals surface area (Å²) in [5.41, 5.74) is 13.6. The first-order valence-electron chi connectivity index (χ1n) is 8.39. The van der Waals surface area contributed by atoms with E-state index in [1.807, 2.05) is 24.3 Å². The van der Waals surface area contributed by atoms with Crippen molar-refractivity contribution in [2.45, 2.75) is 29.4 Å². The highest BCUT2D eigenvalue weighted by atomic mass is 35.5. The van der Waals surface area contributed by atoms with Crippen LogP contribution in [0, 0.1) is 5.41 Å². The Morgan fingerprint density at radius 2 is 1.56 bits per heavy atom. The van der Waals surface area contributed by atoms with Crippen LogP contribution in [0.5, 0.6) is 0 Å². The zero-order valence-corrected chi connectivity index (χ0v) is 15.7. The van der Waals surface area contributed by atoms with Crippen LogP contribution >= 0.6 is 11.6 Å². The molecule has 2 aromatic rings. The third-order valence-corrected chi connectivity index (χ3v) is 7.95. The van der Waals surface area contributed by atoms with Crippen molar-refractivity contribution in [3.8, 4) is 0 Å². The second kappa shape index (κ2) is 6.72. The fourth-order valence-electron chi connectivity index (χ4n) is 3.75. The average Bonchev–Trinajstić information content (AvgIpc) is 3.33. The van der Waals surface area contributed by atoms with Crippen molar-refractivity contribution in [3.63, 3.8) is 0 Å². The first-order valence-corrected chi connectivity index (χ1v) is 10.3. The van der Waals surface area contributed by atoms with Crippen molar-refractivity contribution in [2.24, 2.45) is 16.9 Å². The van der Waals surface area contributed by atoms with Gasteiger partial charge in [-0.1, -0.05) is 42.8 Å². The van der Waals surface area contributed by atoms with Crippen molar-refractivity contribution in [1.82, 2.24) is 0 Å². The van der Waals surface area contributed by atoms with Gasteiger partial charge in [-0.25, -0.2) is 8.42 Å². The van der Waals surface area contributed by atoms with Crippen molar-refractivity contribution in [2.75, 3.05) is 13.1 Å². The number of hydrogen-bond donors (Lipinski definition) is 2. The van der Waals surface area contributed by atoms with E-state index >= 15 is 0 Å². The first-order chi connectivity index (χ1) is 11.9. The van der Waals surface area contributed by atoms with Crippen molar-refractivity contribution in [1.29, 1.82) is 0 Å². The molecule has 134 valence electrons. The maximum atomic E-state index is 13.2. The molecule has 2 atom stereocenters. The van der Waals surface area contributed by atoms with Crippen LogP contribution in [0.4, 0.5) is 0 Å². The summed E-state index contributed by atoms with van der Waals surface area (Å²) in [6.07, 6.45) is 0.941. The first kappa shape index (κ1) is 18.4. The molecule has 0 aromatic heterocycles. The maximum Gasteiger partial charge on any atom is 0.182 e. The van der Waals surface area contributed by atoms with E-state index in [0.29, 0.717) is 5.02 Å². The Balaban J connectivity index is 2.02. The highest BCUT2D eigenvalue weighted by Gasteiger charge is 2.69. The summed E-state index contributed by atoms with van der Waals surface area (Å²) in [6.45, 7) is 2.56. The molecule has 3 rings (SSSR count). The van der Waals surface area contributed by atoms with Crippen LogP contribution in [-0.2, 0) is 16.3 Å². The van der Waals surface area contributed by atoms with Gasteiger partial charge in [0, 0.05) is 29.4 Å². The standard InChI is InChI=1S/C19H23ClN2O2S/c1-2-13-3-5-14(6-4-13)17-18(19(17,11-21)12-22)25(23,24)16-9-7-15(20)8-10-16/h3-10,17-18H,2,11-12,21-22H2,1H3/t17-,18+/m1/s1. The molecule has 1 fully saturated rings. The van der Waals surface area contributed by atoms with Gasteiger partial charge in [-0.3, -0.25) is 0 Å². The lowest BCUT2D eigenvalue weighted by molar-refractivity contribution is 0.510. The van der Waals surface area contributed by atoms with Gasteiger partial charge in [-0.2, -0.15) is 0 Å². The molecule has 0 aliphatic heterocycles. The topological polar surface area (TPSA) is 86.2 Å². The van der Waals surface area contributed by atoms with Gasteiger partial charge in [0.2, 0.25) is 0 Å². The van der Waals surface area contributed by atoms with E-state index in [-0.39, 0.29) is 23.9 Å². The van der Waals surface area contributed by atoms with Gasteiger partial charge in [0.1, 0.15) is 0 Å². The molecule has 0 unspecified atom stereocenters. The molecule has 4 N–H and O–H groups in total. The summed E-state index contributed by atoms with van der Waals surface area (Å²) < 4.78 is 26.4. The summed E-state index contributed by atoms with van der Waals surface area (Å²) >= 11 is 5.89. The molecule has 1 saturated carbocycles. The van der Waals surface area contributed by atoms with Gasteiger partial charge in [-0.05, 0) is 41.8 Å². The summed E-state index contributed by atoms with van der Waals surface area (Å²) in [7, 11) is -3.55. The van der Waals surface area contributed by atoms with Crippen LogP contribution < -0.4 is 11.5 Å². The van der Waals surface area contributed by atoms with Gasteiger partial charge in [0.25, 0.3) is 0 Å². The van der Waals surface area contributed by atoms with E-state index in [1.54, 1.807) is 24.3 Å². The minimum atomic E-state index is -3.55. The highest BCUT2D eigenvalue weighted by Crippen LogP contribution is 2.62. The minimum absolute atomic E-state index is 0.186. The molecule has 4 nitrogen and oxygen atoms in total. The van der Waals surface area contributed by atoms with Crippen molar-refractivity contribution in [3.05, 3.63) is 64.7 Å². The van der Waals surface area contributed by atoms with E-state index < -0.39 is 20.5 Å². The highest BCUT2D eigenvalue weighted by molar-refractivity contribution is 7.92. The van der Waals surface area contributed by atoms with E-state index in [9.17, 15) is 8.42 Å². The fourth-order valence-corrected chi connectivity index (χ4v) is 6.35. The molecular weight excluding hydrogens is 356 g/mol. The number of nitrogens with two attached hydrogens (primary N) is 2. The van der Waals surface area contributed by atoms with Crippen LogP contribution in [0.15, 0.2) is 53.4 Å². The average molecular weight is 379 g/mol. The van der Waals surface area contributed by atoms with Gasteiger partial charge >= 0.3 is 0 Å². The zero-order valence-electron chi connectivity index (χ0n) is 14.2. The van der Waals surface area contributed by atoms with Crippen LogP contribution in [-0.4, -0.2) is 26.8 Å². The molecule has 0 bridgehead atoms. The third kappa shape index (κ3) is 2.99. The Labute approximate surface area is 154 Å². The zero-order chi connectivity index (χ0) is 18.2. The normalized spacial score (nSPS) is 21.9. The molecule has 25 heavy (non-hydrogen) atoms. The molecule has 0 radical (unpaired) electrons. The summed E-state index contributed by atoms with van der Waals surface area (Å²) in [6, 6.07) is 14.4. The number of halogens is 1. The molecule has 1 aliphatic carbocycles. The molecule has 6 heteroatoms. The van der Waals surface area contributed by atoms with Gasteiger partial charge in [0.15, 0.2) is 9.84 Å². The molecule has 1 aliphatic rings. The Morgan fingerprint density at radius 3 is 2.04 bits per heavy atom. The quantitative estimate of drug-likeness (QED) is 0.809. The maximum absolute atomic E-state index is 13.2. The smallest absolute Gasteiger partial charge is 0.182 e. The summed E-state index contributed by atoms with van der Waals surface area (Å²) in [4.78, 5) is 0.265. The van der Waals surface area contributed by atoms with Crippen LogP contribution in [0.1, 0.15) is 24.0 Å². The lowest BCUT2D eigenvalue weighted by Crippen LogP contribution is -2.31. The van der Waals surface area contributed by atoms with Crippen molar-refractivity contribution < 1.29 is 8.42 Å². The Kier molecular flexibility index (Phi) is 4.95. The summed E-state index contributed by atoms with van der Waals surface area (Å²) in [5, 5.41) is -0.103. The van der Waals surface area contributed by atoms with Crippen LogP contribution in [0.25, 0.3) is 0 Å². The van der Waals surface area contributed by atoms with E-state index in [0.717, 1.165) is 12.0 Å². The predicted molar refractivity (Wildman–Crippen MR) is 102 cm³/mol. The van der Waals surface area contributed by atoms with Crippen molar-refractivity contribution >= 4 is 21.4 Å². The Bertz CT molecular complexity index is 844.